The molecule has 0 saturated heterocycles. The molecule has 5 heteroatoms. The molecule has 3 rings (SSSR count). The molecule has 2 aromatic carbocycles. The van der Waals surface area contributed by atoms with Crippen LogP contribution in [0, 0.1) is 0 Å². The highest BCUT2D eigenvalue weighted by Crippen LogP contribution is 2.33. The molecule has 0 spiro atoms. The van der Waals surface area contributed by atoms with Crippen LogP contribution in [0.4, 0.5) is 0 Å². The third kappa shape index (κ3) is 2.29. The molecule has 0 aliphatic carbocycles. The Morgan fingerprint density at radius 1 is 1.05 bits per heavy atom. The molecule has 0 saturated carbocycles. The summed E-state index contributed by atoms with van der Waals surface area (Å²) in [5.41, 5.74) is 9.67. The number of methoxy groups -OCH3 is 2. The Kier molecular flexibility index (Phi) is 3.73. The summed E-state index contributed by atoms with van der Waals surface area (Å²) >= 11 is 0. The van der Waals surface area contributed by atoms with Gasteiger partial charge in [0.25, 0.3) is 0 Å². The Hall–Kier alpha value is -2.53. The molecule has 114 valence electrons. The van der Waals surface area contributed by atoms with Crippen molar-refractivity contribution in [1.82, 2.24) is 9.55 Å². The highest BCUT2D eigenvalue weighted by atomic mass is 16.5. The number of fused-ring (bicyclic) bond motifs is 1. The minimum absolute atomic E-state index is 0.539. The third-order valence-corrected chi connectivity index (χ3v) is 3.83. The van der Waals surface area contributed by atoms with E-state index in [1.54, 1.807) is 14.2 Å². The summed E-state index contributed by atoms with van der Waals surface area (Å²) in [6, 6.07) is 12.0. The van der Waals surface area contributed by atoms with Crippen molar-refractivity contribution in [2.45, 2.75) is 6.54 Å². The fourth-order valence-electron chi connectivity index (χ4n) is 2.57. The van der Waals surface area contributed by atoms with Gasteiger partial charge in [-0.25, -0.2) is 4.98 Å². The fraction of sp³-hybridized carbons (Fsp3) is 0.235. The van der Waals surface area contributed by atoms with Gasteiger partial charge in [-0.15, -0.1) is 0 Å². The molecule has 3 aromatic rings. The summed E-state index contributed by atoms with van der Waals surface area (Å²) in [4.78, 5) is 4.72. The molecule has 5 nitrogen and oxygen atoms in total. The van der Waals surface area contributed by atoms with E-state index in [-0.39, 0.29) is 0 Å². The maximum absolute atomic E-state index is 5.65. The van der Waals surface area contributed by atoms with Gasteiger partial charge in [-0.1, -0.05) is 24.3 Å². The first-order chi connectivity index (χ1) is 10.7. The summed E-state index contributed by atoms with van der Waals surface area (Å²) in [6.45, 7) is 0.539. The van der Waals surface area contributed by atoms with Crippen LogP contribution in [-0.4, -0.2) is 23.8 Å². The molecule has 0 radical (unpaired) electrons. The summed E-state index contributed by atoms with van der Waals surface area (Å²) in [5, 5.41) is 0. The maximum atomic E-state index is 5.65. The van der Waals surface area contributed by atoms with Crippen LogP contribution in [0.3, 0.4) is 0 Å². The summed E-state index contributed by atoms with van der Waals surface area (Å²) < 4.78 is 12.8. The minimum Gasteiger partial charge on any atom is -0.493 e. The van der Waals surface area contributed by atoms with E-state index in [0.29, 0.717) is 18.0 Å². The standard InChI is InChI=1S/C17H19N3O2/c1-20-14-9-16(22-3)15(21-2)8-13(14)19-17(20)12-6-4-11(10-18)5-7-12/h4-9H,10,18H2,1-3H3. The van der Waals surface area contributed by atoms with Crippen LogP contribution in [0.1, 0.15) is 5.56 Å². The number of nitrogens with zero attached hydrogens (tertiary/aromatic N) is 2. The largest absolute Gasteiger partial charge is 0.493 e. The zero-order valence-electron chi connectivity index (χ0n) is 13.0. The Labute approximate surface area is 129 Å². The van der Waals surface area contributed by atoms with Crippen LogP contribution in [-0.2, 0) is 13.6 Å². The van der Waals surface area contributed by atoms with Crippen molar-refractivity contribution in [3.63, 3.8) is 0 Å². The molecular formula is C17H19N3O2. The predicted molar refractivity (Wildman–Crippen MR) is 87.1 cm³/mol. The van der Waals surface area contributed by atoms with Gasteiger partial charge in [0.15, 0.2) is 11.5 Å². The van der Waals surface area contributed by atoms with Crippen molar-refractivity contribution >= 4 is 11.0 Å². The molecule has 1 heterocycles. The molecule has 0 aliphatic rings. The SMILES string of the molecule is COc1cc2nc(-c3ccc(CN)cc3)n(C)c2cc1OC. The van der Waals surface area contributed by atoms with Gasteiger partial charge in [-0.3, -0.25) is 0 Å². The second-order valence-corrected chi connectivity index (χ2v) is 5.09. The van der Waals surface area contributed by atoms with Gasteiger partial charge < -0.3 is 19.8 Å². The smallest absolute Gasteiger partial charge is 0.163 e. The number of aryl methyl sites for hydroxylation is 1. The van der Waals surface area contributed by atoms with Gasteiger partial charge in [0.1, 0.15) is 5.82 Å². The molecule has 0 aliphatic heterocycles. The number of aromatic nitrogens is 2. The Balaban J connectivity index is 2.16. The number of hydrogen-bond donors (Lipinski definition) is 1. The molecule has 0 fully saturated rings. The Morgan fingerprint density at radius 2 is 1.68 bits per heavy atom. The van der Waals surface area contributed by atoms with E-state index < -0.39 is 0 Å². The number of rotatable bonds is 4. The van der Waals surface area contributed by atoms with Gasteiger partial charge in [0.05, 0.1) is 25.3 Å². The molecule has 1 aromatic heterocycles. The average molecular weight is 297 g/mol. The molecular weight excluding hydrogens is 278 g/mol. The van der Waals surface area contributed by atoms with Gasteiger partial charge in [-0.05, 0) is 5.56 Å². The predicted octanol–water partition coefficient (Wildman–Crippen LogP) is 2.72. The van der Waals surface area contributed by atoms with Crippen LogP contribution < -0.4 is 15.2 Å². The number of benzene rings is 2. The van der Waals surface area contributed by atoms with Crippen LogP contribution in [0.2, 0.25) is 0 Å². The maximum Gasteiger partial charge on any atom is 0.163 e. The second-order valence-electron chi connectivity index (χ2n) is 5.09. The fourth-order valence-corrected chi connectivity index (χ4v) is 2.57. The summed E-state index contributed by atoms with van der Waals surface area (Å²) in [6.07, 6.45) is 0. The van der Waals surface area contributed by atoms with E-state index in [1.165, 1.54) is 0 Å². The van der Waals surface area contributed by atoms with Crippen LogP contribution in [0.5, 0.6) is 11.5 Å². The zero-order valence-corrected chi connectivity index (χ0v) is 13.0. The quantitative estimate of drug-likeness (QED) is 0.804. The molecule has 0 amide bonds. The van der Waals surface area contributed by atoms with Crippen LogP contribution >= 0.6 is 0 Å². The second kappa shape index (κ2) is 5.69. The first-order valence-electron chi connectivity index (χ1n) is 7.05. The van der Waals surface area contributed by atoms with Crippen molar-refractivity contribution in [2.24, 2.45) is 12.8 Å². The molecule has 22 heavy (non-hydrogen) atoms. The van der Waals surface area contributed by atoms with E-state index in [0.717, 1.165) is 28.0 Å². The molecule has 0 atom stereocenters. The summed E-state index contributed by atoms with van der Waals surface area (Å²) in [5.74, 6) is 2.27. The lowest BCUT2D eigenvalue weighted by Crippen LogP contribution is -1.97. The van der Waals surface area contributed by atoms with Crippen molar-refractivity contribution < 1.29 is 9.47 Å². The highest BCUT2D eigenvalue weighted by Gasteiger charge is 2.14. The van der Waals surface area contributed by atoms with Crippen LogP contribution in [0.25, 0.3) is 22.4 Å². The van der Waals surface area contributed by atoms with E-state index in [2.05, 4.69) is 4.57 Å². The zero-order chi connectivity index (χ0) is 15.7. The lowest BCUT2D eigenvalue weighted by atomic mass is 10.1. The van der Waals surface area contributed by atoms with Crippen LogP contribution in [0.15, 0.2) is 36.4 Å². The molecule has 0 bridgehead atoms. The topological polar surface area (TPSA) is 62.3 Å². The number of nitrogens with two attached hydrogens (primary N) is 1. The number of hydrogen-bond acceptors (Lipinski definition) is 4. The minimum atomic E-state index is 0.539. The lowest BCUT2D eigenvalue weighted by Gasteiger charge is -2.07. The first kappa shape index (κ1) is 14.4. The van der Waals surface area contributed by atoms with Gasteiger partial charge >= 0.3 is 0 Å². The third-order valence-electron chi connectivity index (χ3n) is 3.83. The van der Waals surface area contributed by atoms with Crippen molar-refractivity contribution in [3.05, 3.63) is 42.0 Å². The van der Waals surface area contributed by atoms with E-state index in [1.807, 2.05) is 43.4 Å². The summed E-state index contributed by atoms with van der Waals surface area (Å²) in [7, 11) is 5.25. The van der Waals surface area contributed by atoms with Gasteiger partial charge in [-0.2, -0.15) is 0 Å². The Morgan fingerprint density at radius 3 is 2.27 bits per heavy atom. The molecule has 0 unspecified atom stereocenters. The first-order valence-corrected chi connectivity index (χ1v) is 7.05. The van der Waals surface area contributed by atoms with Crippen molar-refractivity contribution in [1.29, 1.82) is 0 Å². The van der Waals surface area contributed by atoms with E-state index >= 15 is 0 Å². The van der Waals surface area contributed by atoms with Crippen molar-refractivity contribution in [2.75, 3.05) is 14.2 Å². The number of imidazole rings is 1. The molecule has 2 N–H and O–H groups in total. The normalized spacial score (nSPS) is 10.9. The van der Waals surface area contributed by atoms with Crippen molar-refractivity contribution in [3.8, 4) is 22.9 Å². The Bertz CT molecular complexity index is 807. The highest BCUT2D eigenvalue weighted by molar-refractivity contribution is 5.84. The van der Waals surface area contributed by atoms with Gasteiger partial charge in [0, 0.05) is 31.3 Å². The van der Waals surface area contributed by atoms with E-state index in [4.69, 9.17) is 20.2 Å². The monoisotopic (exact) mass is 297 g/mol. The lowest BCUT2D eigenvalue weighted by molar-refractivity contribution is 0.355. The average Bonchev–Trinajstić information content (AvgIpc) is 2.89. The van der Waals surface area contributed by atoms with E-state index in [9.17, 15) is 0 Å². The number of ether oxygens (including phenoxy) is 2. The van der Waals surface area contributed by atoms with Gasteiger partial charge in [0.2, 0.25) is 0 Å².